The Hall–Kier alpha value is -2.88. The van der Waals surface area contributed by atoms with Gasteiger partial charge in [-0.05, 0) is 67.7 Å². The lowest BCUT2D eigenvalue weighted by Gasteiger charge is -2.50. The second-order valence-corrected chi connectivity index (χ2v) is 9.54. The van der Waals surface area contributed by atoms with Crippen LogP contribution < -0.4 is 10.2 Å². The first-order chi connectivity index (χ1) is 15.5. The lowest BCUT2D eigenvalue weighted by molar-refractivity contribution is -0.0464. The van der Waals surface area contributed by atoms with Crippen molar-refractivity contribution in [2.75, 3.05) is 23.3 Å². The SMILES string of the molecule is Cl.[C-]#[N+]c1ccc2c(N3CCC4(CC3)CC(O)C4)nnc(NCc3ccc(C)c(C)c3)c2c1. The second kappa shape index (κ2) is 9.17. The van der Waals surface area contributed by atoms with Crippen molar-refractivity contribution < 1.29 is 5.11 Å². The minimum atomic E-state index is -0.114. The molecule has 0 atom stereocenters. The molecule has 1 spiro atoms. The summed E-state index contributed by atoms with van der Waals surface area (Å²) in [5.41, 5.74) is 4.67. The molecule has 5 rings (SSSR count). The highest BCUT2D eigenvalue weighted by Gasteiger charge is 2.45. The van der Waals surface area contributed by atoms with Crippen LogP contribution in [0.3, 0.4) is 0 Å². The molecule has 7 heteroatoms. The van der Waals surface area contributed by atoms with Gasteiger partial charge < -0.3 is 15.3 Å². The zero-order valence-corrected chi connectivity index (χ0v) is 20.0. The third-order valence-electron chi connectivity index (χ3n) is 7.37. The zero-order valence-electron chi connectivity index (χ0n) is 19.1. The minimum Gasteiger partial charge on any atom is -0.393 e. The summed E-state index contributed by atoms with van der Waals surface area (Å²) in [6.45, 7) is 14.2. The van der Waals surface area contributed by atoms with Gasteiger partial charge in [-0.2, -0.15) is 0 Å². The van der Waals surface area contributed by atoms with Gasteiger partial charge in [-0.1, -0.05) is 30.3 Å². The summed E-state index contributed by atoms with van der Waals surface area (Å²) in [7, 11) is 0. The van der Waals surface area contributed by atoms with Gasteiger partial charge in [0.05, 0.1) is 12.7 Å². The molecule has 0 amide bonds. The van der Waals surface area contributed by atoms with Crippen LogP contribution in [-0.4, -0.2) is 34.5 Å². The van der Waals surface area contributed by atoms with E-state index in [1.807, 2.05) is 18.2 Å². The minimum absolute atomic E-state index is 0. The van der Waals surface area contributed by atoms with Gasteiger partial charge in [0.15, 0.2) is 17.3 Å². The van der Waals surface area contributed by atoms with Crippen LogP contribution in [0.15, 0.2) is 36.4 Å². The number of benzene rings is 2. The molecule has 0 bridgehead atoms. The maximum atomic E-state index is 9.76. The first kappa shape index (κ1) is 23.3. The van der Waals surface area contributed by atoms with Gasteiger partial charge >= 0.3 is 0 Å². The lowest BCUT2D eigenvalue weighted by Crippen LogP contribution is -2.49. The quantitative estimate of drug-likeness (QED) is 0.495. The van der Waals surface area contributed by atoms with Crippen LogP contribution in [-0.2, 0) is 6.54 Å². The van der Waals surface area contributed by atoms with Gasteiger partial charge in [-0.25, -0.2) is 4.85 Å². The van der Waals surface area contributed by atoms with Gasteiger partial charge in [0.25, 0.3) is 0 Å². The van der Waals surface area contributed by atoms with E-state index >= 15 is 0 Å². The van der Waals surface area contributed by atoms with E-state index < -0.39 is 0 Å². The summed E-state index contributed by atoms with van der Waals surface area (Å²) in [6, 6.07) is 12.2. The molecule has 1 saturated heterocycles. The molecule has 1 aromatic heterocycles. The molecule has 1 aliphatic carbocycles. The number of piperidine rings is 1. The number of rotatable bonds is 4. The molecule has 6 nitrogen and oxygen atoms in total. The van der Waals surface area contributed by atoms with Crippen molar-refractivity contribution in [1.82, 2.24) is 10.2 Å². The van der Waals surface area contributed by atoms with Crippen LogP contribution in [0.1, 0.15) is 42.4 Å². The van der Waals surface area contributed by atoms with E-state index in [1.54, 1.807) is 0 Å². The summed E-state index contributed by atoms with van der Waals surface area (Å²) < 4.78 is 0. The molecule has 33 heavy (non-hydrogen) atoms. The molecule has 0 radical (unpaired) electrons. The van der Waals surface area contributed by atoms with Crippen LogP contribution >= 0.6 is 12.4 Å². The normalized spacial score (nSPS) is 17.3. The Morgan fingerprint density at radius 2 is 1.82 bits per heavy atom. The standard InChI is InChI=1S/C26H29N5O.ClH/c1-17-4-5-19(12-18(17)2)16-28-24-23-13-20(27-3)6-7-22(23)25(30-29-24)31-10-8-26(9-11-31)14-21(32)15-26;/h4-7,12-13,21,32H,8-11,14-16H2,1-2H3,(H,28,29);1H. The van der Waals surface area contributed by atoms with Crippen LogP contribution in [0.5, 0.6) is 0 Å². The summed E-state index contributed by atoms with van der Waals surface area (Å²) >= 11 is 0. The Morgan fingerprint density at radius 3 is 2.48 bits per heavy atom. The number of fused-ring (bicyclic) bond motifs is 1. The topological polar surface area (TPSA) is 65.6 Å². The van der Waals surface area contributed by atoms with Crippen molar-refractivity contribution in [2.24, 2.45) is 5.41 Å². The number of halogens is 1. The molecule has 1 saturated carbocycles. The summed E-state index contributed by atoms with van der Waals surface area (Å²) in [4.78, 5) is 5.94. The highest BCUT2D eigenvalue weighted by molar-refractivity contribution is 6.00. The van der Waals surface area contributed by atoms with Crippen molar-refractivity contribution in [1.29, 1.82) is 0 Å². The Bertz CT molecular complexity index is 1210. The molecule has 172 valence electrons. The number of nitrogens with one attached hydrogen (secondary N) is 1. The van der Waals surface area contributed by atoms with E-state index in [4.69, 9.17) is 6.57 Å². The summed E-state index contributed by atoms with van der Waals surface area (Å²) in [5.74, 6) is 1.60. The highest BCUT2D eigenvalue weighted by atomic mass is 35.5. The van der Waals surface area contributed by atoms with Gasteiger partial charge in [0, 0.05) is 30.4 Å². The maximum absolute atomic E-state index is 9.76. The van der Waals surface area contributed by atoms with Crippen LogP contribution in [0.2, 0.25) is 0 Å². The Balaban J connectivity index is 0.00000259. The lowest BCUT2D eigenvalue weighted by atomic mass is 9.61. The Labute approximate surface area is 201 Å². The molecule has 2 fully saturated rings. The first-order valence-corrected chi connectivity index (χ1v) is 11.4. The number of hydrogen-bond acceptors (Lipinski definition) is 5. The number of nitrogens with zero attached hydrogens (tertiary/aromatic N) is 4. The Kier molecular flexibility index (Phi) is 6.47. The molecule has 3 aromatic rings. The zero-order chi connectivity index (χ0) is 22.3. The summed E-state index contributed by atoms with van der Waals surface area (Å²) in [6.07, 6.45) is 3.92. The summed E-state index contributed by atoms with van der Waals surface area (Å²) in [5, 5.41) is 24.3. The molecule has 0 unspecified atom stereocenters. The fraction of sp³-hybridized carbons (Fsp3) is 0.423. The molecule has 2 aliphatic rings. The number of aliphatic hydroxyl groups is 1. The van der Waals surface area contributed by atoms with E-state index in [-0.39, 0.29) is 18.5 Å². The average Bonchev–Trinajstić information content (AvgIpc) is 2.79. The Morgan fingerprint density at radius 1 is 1.06 bits per heavy atom. The van der Waals surface area contributed by atoms with Crippen molar-refractivity contribution in [3.63, 3.8) is 0 Å². The van der Waals surface area contributed by atoms with Gasteiger partial charge in [-0.15, -0.1) is 22.6 Å². The molecule has 1 aliphatic heterocycles. The number of anilines is 2. The fourth-order valence-electron chi connectivity index (χ4n) is 5.20. The fourth-order valence-corrected chi connectivity index (χ4v) is 5.20. The van der Waals surface area contributed by atoms with E-state index in [1.165, 1.54) is 16.7 Å². The number of hydrogen-bond donors (Lipinski definition) is 2. The van der Waals surface area contributed by atoms with E-state index in [9.17, 15) is 5.11 Å². The first-order valence-electron chi connectivity index (χ1n) is 11.4. The smallest absolute Gasteiger partial charge is 0.188 e. The predicted molar refractivity (Wildman–Crippen MR) is 135 cm³/mol. The molecule has 2 N–H and O–H groups in total. The van der Waals surface area contributed by atoms with Gasteiger partial charge in [0.1, 0.15) is 0 Å². The van der Waals surface area contributed by atoms with E-state index in [0.29, 0.717) is 23.5 Å². The van der Waals surface area contributed by atoms with Crippen molar-refractivity contribution in [3.8, 4) is 0 Å². The maximum Gasteiger partial charge on any atom is 0.188 e. The third kappa shape index (κ3) is 4.48. The second-order valence-electron chi connectivity index (χ2n) is 9.54. The average molecular weight is 464 g/mol. The van der Waals surface area contributed by atoms with Gasteiger partial charge in [0.2, 0.25) is 0 Å². The molecule has 2 heterocycles. The van der Waals surface area contributed by atoms with Gasteiger partial charge in [-0.3, -0.25) is 0 Å². The van der Waals surface area contributed by atoms with Crippen LogP contribution in [0, 0.1) is 25.8 Å². The molecular weight excluding hydrogens is 434 g/mol. The monoisotopic (exact) mass is 463 g/mol. The van der Waals surface area contributed by atoms with Crippen molar-refractivity contribution >= 4 is 40.5 Å². The number of aliphatic hydroxyl groups excluding tert-OH is 1. The largest absolute Gasteiger partial charge is 0.393 e. The van der Waals surface area contributed by atoms with Crippen LogP contribution in [0.25, 0.3) is 15.6 Å². The highest BCUT2D eigenvalue weighted by Crippen LogP contribution is 2.49. The molecule has 2 aromatic carbocycles. The third-order valence-corrected chi connectivity index (χ3v) is 7.37. The van der Waals surface area contributed by atoms with Crippen LogP contribution in [0.4, 0.5) is 17.3 Å². The van der Waals surface area contributed by atoms with Crippen molar-refractivity contribution in [2.45, 2.75) is 52.2 Å². The van der Waals surface area contributed by atoms with E-state index in [2.05, 4.69) is 57.3 Å². The van der Waals surface area contributed by atoms with E-state index in [0.717, 1.165) is 55.4 Å². The number of aryl methyl sites for hydroxylation is 2. The predicted octanol–water partition coefficient (Wildman–Crippen LogP) is 5.57. The molecular formula is C26H30ClN5O. The van der Waals surface area contributed by atoms with Crippen molar-refractivity contribution in [3.05, 3.63) is 64.5 Å². The number of aromatic nitrogens is 2.